The van der Waals surface area contributed by atoms with Crippen LogP contribution in [0.15, 0.2) is 0 Å². The van der Waals surface area contributed by atoms with Crippen molar-refractivity contribution in [3.63, 3.8) is 0 Å². The first-order valence-electron chi connectivity index (χ1n) is 6.09. The molecule has 2 N–H and O–H groups in total. The molecule has 0 fully saturated rings. The average molecular weight is 277 g/mol. The summed E-state index contributed by atoms with van der Waals surface area (Å²) in [6.45, 7) is 6.96. The maximum absolute atomic E-state index is 10.8. The summed E-state index contributed by atoms with van der Waals surface area (Å²) in [5.74, 6) is 0.410. The van der Waals surface area contributed by atoms with Crippen LogP contribution in [0.4, 0.5) is 0 Å². The fraction of sp³-hybridized carbons (Fsp3) is 0.833. The summed E-state index contributed by atoms with van der Waals surface area (Å²) in [6, 6.07) is -0.817. The highest BCUT2D eigenvalue weighted by Crippen LogP contribution is 2.04. The molecule has 0 heterocycles. The molecular formula is C12H23NO4S. The first-order chi connectivity index (χ1) is 8.43. The number of rotatable bonds is 10. The molecule has 0 aliphatic carbocycles. The van der Waals surface area contributed by atoms with E-state index in [-0.39, 0.29) is 5.91 Å². The molecule has 106 valence electrons. The highest BCUT2D eigenvalue weighted by atomic mass is 32.2. The first-order valence-corrected chi connectivity index (χ1v) is 7.24. The highest BCUT2D eigenvalue weighted by molar-refractivity contribution is 7.99. The predicted octanol–water partition coefficient (Wildman–Crippen LogP) is 1.37. The maximum atomic E-state index is 10.8. The number of nitrogens with one attached hydrogen (secondary N) is 1. The average Bonchev–Trinajstić information content (AvgIpc) is 2.25. The second-order valence-corrected chi connectivity index (χ2v) is 5.61. The van der Waals surface area contributed by atoms with Crippen LogP contribution in [0.5, 0.6) is 0 Å². The fourth-order valence-electron chi connectivity index (χ4n) is 1.16. The van der Waals surface area contributed by atoms with Gasteiger partial charge in [-0.1, -0.05) is 13.8 Å². The molecule has 6 heteroatoms. The van der Waals surface area contributed by atoms with Crippen LogP contribution in [0.25, 0.3) is 0 Å². The molecule has 5 nitrogen and oxygen atoms in total. The Labute approximate surface area is 113 Å². The van der Waals surface area contributed by atoms with Gasteiger partial charge in [-0.2, -0.15) is 11.8 Å². The number of ether oxygens (including phenoxy) is 1. The number of hydrogen-bond donors (Lipinski definition) is 2. The van der Waals surface area contributed by atoms with E-state index in [0.29, 0.717) is 18.3 Å². The van der Waals surface area contributed by atoms with Gasteiger partial charge in [0.2, 0.25) is 5.91 Å². The van der Waals surface area contributed by atoms with Crippen molar-refractivity contribution < 1.29 is 19.4 Å². The molecule has 0 aromatic heterocycles. The lowest BCUT2D eigenvalue weighted by molar-refractivity contribution is -0.140. The zero-order valence-electron chi connectivity index (χ0n) is 11.3. The van der Waals surface area contributed by atoms with Gasteiger partial charge in [-0.3, -0.25) is 4.79 Å². The molecule has 1 amide bonds. The number of hydrogen-bond acceptors (Lipinski definition) is 4. The minimum absolute atomic E-state index is 0.323. The summed E-state index contributed by atoms with van der Waals surface area (Å²) in [6.07, 6.45) is 1.04. The minimum Gasteiger partial charge on any atom is -0.480 e. The van der Waals surface area contributed by atoms with Gasteiger partial charge in [0.05, 0.1) is 6.61 Å². The summed E-state index contributed by atoms with van der Waals surface area (Å²) in [4.78, 5) is 21.6. The first kappa shape index (κ1) is 17.2. The molecule has 0 saturated heterocycles. The third-order valence-corrected chi connectivity index (χ3v) is 3.20. The van der Waals surface area contributed by atoms with Crippen LogP contribution in [-0.4, -0.2) is 47.7 Å². The summed E-state index contributed by atoms with van der Waals surface area (Å²) in [5.41, 5.74) is 0. The zero-order chi connectivity index (χ0) is 14.0. The van der Waals surface area contributed by atoms with Crippen molar-refractivity contribution in [1.29, 1.82) is 0 Å². The SMILES string of the molecule is CC(=O)N[C@@H](CSCCOCCC(C)C)C(=O)O. The van der Waals surface area contributed by atoms with Gasteiger partial charge in [-0.15, -0.1) is 0 Å². The quantitative estimate of drug-likeness (QED) is 0.590. The highest BCUT2D eigenvalue weighted by Gasteiger charge is 2.17. The van der Waals surface area contributed by atoms with E-state index in [0.717, 1.165) is 18.8 Å². The van der Waals surface area contributed by atoms with Gasteiger partial charge in [0, 0.05) is 25.0 Å². The Hall–Kier alpha value is -0.750. The number of aliphatic carboxylic acids is 1. The third kappa shape index (κ3) is 10.4. The molecule has 0 bridgehead atoms. The lowest BCUT2D eigenvalue weighted by Gasteiger charge is -2.12. The Kier molecular flexibility index (Phi) is 9.77. The van der Waals surface area contributed by atoms with Gasteiger partial charge < -0.3 is 15.2 Å². The van der Waals surface area contributed by atoms with Gasteiger partial charge in [0.1, 0.15) is 6.04 Å². The van der Waals surface area contributed by atoms with Crippen molar-refractivity contribution in [3.05, 3.63) is 0 Å². The van der Waals surface area contributed by atoms with E-state index in [4.69, 9.17) is 9.84 Å². The molecule has 0 unspecified atom stereocenters. The van der Waals surface area contributed by atoms with Crippen molar-refractivity contribution in [2.75, 3.05) is 24.7 Å². The van der Waals surface area contributed by atoms with Crippen LogP contribution in [0, 0.1) is 5.92 Å². The predicted molar refractivity (Wildman–Crippen MR) is 72.8 cm³/mol. The number of carbonyl (C=O) groups is 2. The number of amides is 1. The Morgan fingerprint density at radius 2 is 2.00 bits per heavy atom. The van der Waals surface area contributed by atoms with Crippen molar-refractivity contribution in [1.82, 2.24) is 5.32 Å². The Bertz CT molecular complexity index is 258. The minimum atomic E-state index is -1.00. The fourth-order valence-corrected chi connectivity index (χ4v) is 2.02. The van der Waals surface area contributed by atoms with E-state index in [1.807, 2.05) is 0 Å². The van der Waals surface area contributed by atoms with Crippen molar-refractivity contribution in [3.8, 4) is 0 Å². The molecule has 0 rings (SSSR count). The molecule has 0 aromatic rings. The normalized spacial score (nSPS) is 12.4. The molecule has 0 spiro atoms. The molecule has 0 aliphatic heterocycles. The van der Waals surface area contributed by atoms with Gasteiger partial charge in [-0.05, 0) is 12.3 Å². The van der Waals surface area contributed by atoms with Crippen LogP contribution < -0.4 is 5.32 Å². The van der Waals surface area contributed by atoms with E-state index in [9.17, 15) is 9.59 Å². The molecular weight excluding hydrogens is 254 g/mol. The molecule has 0 aliphatic rings. The van der Waals surface area contributed by atoms with Crippen LogP contribution >= 0.6 is 11.8 Å². The molecule has 18 heavy (non-hydrogen) atoms. The zero-order valence-corrected chi connectivity index (χ0v) is 12.1. The van der Waals surface area contributed by atoms with E-state index in [1.54, 1.807) is 0 Å². The maximum Gasteiger partial charge on any atom is 0.327 e. The standard InChI is InChI=1S/C12H23NO4S/c1-9(2)4-5-17-6-7-18-8-11(12(15)16)13-10(3)14/h9,11H,4-8H2,1-3H3,(H,13,14)(H,15,16)/t11-/m0/s1. The Morgan fingerprint density at radius 3 is 2.50 bits per heavy atom. The lowest BCUT2D eigenvalue weighted by atomic mass is 10.1. The summed E-state index contributed by atoms with van der Waals surface area (Å²) in [7, 11) is 0. The molecule has 0 radical (unpaired) electrons. The summed E-state index contributed by atoms with van der Waals surface area (Å²) in [5, 5.41) is 11.3. The summed E-state index contributed by atoms with van der Waals surface area (Å²) >= 11 is 1.47. The second-order valence-electron chi connectivity index (χ2n) is 4.46. The third-order valence-electron chi connectivity index (χ3n) is 2.17. The lowest BCUT2D eigenvalue weighted by Crippen LogP contribution is -2.41. The van der Waals surface area contributed by atoms with Crippen molar-refractivity contribution >= 4 is 23.6 Å². The van der Waals surface area contributed by atoms with Crippen LogP contribution in [0.2, 0.25) is 0 Å². The van der Waals surface area contributed by atoms with Gasteiger partial charge in [-0.25, -0.2) is 4.79 Å². The number of thioether (sulfide) groups is 1. The van der Waals surface area contributed by atoms with Crippen LogP contribution in [0.1, 0.15) is 27.2 Å². The van der Waals surface area contributed by atoms with Gasteiger partial charge in [0.15, 0.2) is 0 Å². The summed E-state index contributed by atoms with van der Waals surface area (Å²) < 4.78 is 5.41. The van der Waals surface area contributed by atoms with E-state index in [1.165, 1.54) is 18.7 Å². The monoisotopic (exact) mass is 277 g/mol. The Balaban J connectivity index is 3.55. The van der Waals surface area contributed by atoms with E-state index >= 15 is 0 Å². The van der Waals surface area contributed by atoms with E-state index < -0.39 is 12.0 Å². The van der Waals surface area contributed by atoms with Gasteiger partial charge >= 0.3 is 5.97 Å². The van der Waals surface area contributed by atoms with Gasteiger partial charge in [0.25, 0.3) is 0 Å². The van der Waals surface area contributed by atoms with E-state index in [2.05, 4.69) is 19.2 Å². The molecule has 0 aromatic carbocycles. The molecule has 0 saturated carbocycles. The van der Waals surface area contributed by atoms with Crippen LogP contribution in [-0.2, 0) is 14.3 Å². The number of carboxylic acid groups (broad SMARTS) is 1. The smallest absolute Gasteiger partial charge is 0.327 e. The molecule has 1 atom stereocenters. The Morgan fingerprint density at radius 1 is 1.33 bits per heavy atom. The van der Waals surface area contributed by atoms with Crippen LogP contribution in [0.3, 0.4) is 0 Å². The number of carboxylic acids is 1. The number of carbonyl (C=O) groups excluding carboxylic acids is 1. The largest absolute Gasteiger partial charge is 0.480 e. The van der Waals surface area contributed by atoms with Crippen molar-refractivity contribution in [2.24, 2.45) is 5.92 Å². The second kappa shape index (κ2) is 10.2. The topological polar surface area (TPSA) is 75.6 Å². The van der Waals surface area contributed by atoms with Crippen molar-refractivity contribution in [2.45, 2.75) is 33.2 Å².